The monoisotopic (exact) mass is 348 g/mol. The highest BCUT2D eigenvalue weighted by Crippen LogP contribution is 2.17. The molecule has 7 heteroatoms. The van der Waals surface area contributed by atoms with Gasteiger partial charge >= 0.3 is 0 Å². The number of hydrogen-bond acceptors (Lipinski definition) is 4. The number of carbonyl (C=O) groups is 1. The summed E-state index contributed by atoms with van der Waals surface area (Å²) in [5.41, 5.74) is 2.15. The Bertz CT molecular complexity index is 977. The Morgan fingerprint density at radius 1 is 1.15 bits per heavy atom. The number of nitro benzene ring substituents is 1. The van der Waals surface area contributed by atoms with E-state index >= 15 is 0 Å². The minimum Gasteiger partial charge on any atom is -0.307 e. The molecule has 0 spiro atoms. The van der Waals surface area contributed by atoms with Gasteiger partial charge in [0, 0.05) is 24.3 Å². The zero-order chi connectivity index (χ0) is 18.5. The van der Waals surface area contributed by atoms with Crippen molar-refractivity contribution in [2.24, 2.45) is 0 Å². The summed E-state index contributed by atoms with van der Waals surface area (Å²) in [6.07, 6.45) is 2.86. The summed E-state index contributed by atoms with van der Waals surface area (Å²) in [6, 6.07) is 17.3. The van der Waals surface area contributed by atoms with Gasteiger partial charge in [-0.25, -0.2) is 4.68 Å². The number of nitrogens with one attached hydrogen (secondary N) is 1. The van der Waals surface area contributed by atoms with Gasteiger partial charge in [0.25, 0.3) is 5.69 Å². The number of nitrogens with zero attached hydrogens (tertiary/aromatic N) is 3. The van der Waals surface area contributed by atoms with Gasteiger partial charge in [-0.05, 0) is 30.7 Å². The van der Waals surface area contributed by atoms with Gasteiger partial charge in [-0.15, -0.1) is 0 Å². The summed E-state index contributed by atoms with van der Waals surface area (Å²) in [4.78, 5) is 22.6. The van der Waals surface area contributed by atoms with E-state index in [1.165, 1.54) is 24.3 Å². The van der Waals surface area contributed by atoms with Gasteiger partial charge in [-0.1, -0.05) is 30.3 Å². The van der Waals surface area contributed by atoms with Crippen molar-refractivity contribution in [2.75, 3.05) is 5.32 Å². The van der Waals surface area contributed by atoms with Crippen molar-refractivity contribution in [3.05, 3.63) is 88.1 Å². The molecule has 0 unspecified atom stereocenters. The summed E-state index contributed by atoms with van der Waals surface area (Å²) in [5, 5.41) is 18.0. The molecule has 1 N–H and O–H groups in total. The molecule has 0 saturated carbocycles. The first-order valence-electron chi connectivity index (χ1n) is 7.88. The van der Waals surface area contributed by atoms with Crippen molar-refractivity contribution >= 4 is 23.5 Å². The lowest BCUT2D eigenvalue weighted by atomic mass is 10.2. The van der Waals surface area contributed by atoms with Gasteiger partial charge in [0.1, 0.15) is 5.82 Å². The molecular formula is C19H16N4O3. The summed E-state index contributed by atoms with van der Waals surface area (Å²) in [7, 11) is 0. The minimum atomic E-state index is -0.474. The van der Waals surface area contributed by atoms with Crippen molar-refractivity contribution in [1.82, 2.24) is 9.78 Å². The van der Waals surface area contributed by atoms with Crippen molar-refractivity contribution in [2.45, 2.75) is 6.92 Å². The molecule has 1 amide bonds. The highest BCUT2D eigenvalue weighted by molar-refractivity contribution is 6.01. The van der Waals surface area contributed by atoms with Crippen LogP contribution in [0.4, 0.5) is 11.5 Å². The number of benzene rings is 2. The van der Waals surface area contributed by atoms with Gasteiger partial charge in [-0.3, -0.25) is 14.9 Å². The fourth-order valence-electron chi connectivity index (χ4n) is 2.44. The molecule has 3 aromatic rings. The summed E-state index contributed by atoms with van der Waals surface area (Å²) >= 11 is 0. The second-order valence-electron chi connectivity index (χ2n) is 5.59. The maximum Gasteiger partial charge on any atom is 0.270 e. The van der Waals surface area contributed by atoms with Crippen LogP contribution in [-0.2, 0) is 4.79 Å². The first-order valence-corrected chi connectivity index (χ1v) is 7.88. The molecule has 1 aromatic heterocycles. The second-order valence-corrected chi connectivity index (χ2v) is 5.59. The molecule has 0 aliphatic heterocycles. The molecule has 2 aromatic carbocycles. The Morgan fingerprint density at radius 3 is 2.65 bits per heavy atom. The number of rotatable bonds is 5. The summed E-state index contributed by atoms with van der Waals surface area (Å²) in [5.74, 6) is 0.191. The number of hydrogen-bond donors (Lipinski definition) is 1. The van der Waals surface area contributed by atoms with E-state index in [4.69, 9.17) is 0 Å². The number of aromatic nitrogens is 2. The van der Waals surface area contributed by atoms with Crippen molar-refractivity contribution in [3.8, 4) is 5.69 Å². The van der Waals surface area contributed by atoms with Crippen LogP contribution < -0.4 is 5.32 Å². The Kier molecular flexibility index (Phi) is 4.89. The molecule has 26 heavy (non-hydrogen) atoms. The number of aryl methyl sites for hydroxylation is 1. The quantitative estimate of drug-likeness (QED) is 0.432. The Hall–Kier alpha value is -3.74. The Balaban J connectivity index is 1.77. The van der Waals surface area contributed by atoms with E-state index in [1.54, 1.807) is 22.9 Å². The molecule has 3 rings (SSSR count). The molecule has 7 nitrogen and oxygen atoms in total. The van der Waals surface area contributed by atoms with Gasteiger partial charge < -0.3 is 5.32 Å². The van der Waals surface area contributed by atoms with Gasteiger partial charge in [0.2, 0.25) is 5.91 Å². The van der Waals surface area contributed by atoms with E-state index in [0.717, 1.165) is 11.4 Å². The molecule has 0 aliphatic carbocycles. The van der Waals surface area contributed by atoms with Gasteiger partial charge in [0.05, 0.1) is 16.3 Å². The van der Waals surface area contributed by atoms with Crippen LogP contribution >= 0.6 is 0 Å². The molecular weight excluding hydrogens is 332 g/mol. The second kappa shape index (κ2) is 7.43. The third kappa shape index (κ3) is 4.02. The maximum absolute atomic E-state index is 12.2. The van der Waals surface area contributed by atoms with E-state index in [2.05, 4.69) is 10.4 Å². The number of carbonyl (C=O) groups excluding carboxylic acids is 1. The maximum atomic E-state index is 12.2. The lowest BCUT2D eigenvalue weighted by Crippen LogP contribution is -2.12. The normalized spacial score (nSPS) is 10.8. The fraction of sp³-hybridized carbons (Fsp3) is 0.0526. The highest BCUT2D eigenvalue weighted by atomic mass is 16.6. The fourth-order valence-corrected chi connectivity index (χ4v) is 2.44. The lowest BCUT2D eigenvalue weighted by Gasteiger charge is -2.07. The largest absolute Gasteiger partial charge is 0.307 e. The zero-order valence-corrected chi connectivity index (χ0v) is 14.0. The Labute approximate surface area is 149 Å². The third-order valence-electron chi connectivity index (χ3n) is 3.59. The topological polar surface area (TPSA) is 90.1 Å². The molecule has 0 bridgehead atoms. The smallest absolute Gasteiger partial charge is 0.270 e. The molecule has 0 fully saturated rings. The van der Waals surface area contributed by atoms with Crippen molar-refractivity contribution < 1.29 is 9.72 Å². The minimum absolute atomic E-state index is 0.0228. The average molecular weight is 348 g/mol. The standard InChI is InChI=1S/C19H16N4O3/c1-14-12-18(22(21-14)16-7-3-2-4-8-16)20-19(24)11-10-15-6-5-9-17(13-15)23(25)26/h2-13H,1H3,(H,20,24)/b11-10+. The number of anilines is 1. The van der Waals surface area contributed by atoms with Crippen LogP contribution in [0.2, 0.25) is 0 Å². The zero-order valence-electron chi connectivity index (χ0n) is 14.0. The number of nitro groups is 1. The molecule has 0 radical (unpaired) electrons. The lowest BCUT2D eigenvalue weighted by molar-refractivity contribution is -0.384. The van der Waals surface area contributed by atoms with Crippen LogP contribution in [0.5, 0.6) is 0 Å². The SMILES string of the molecule is Cc1cc(NC(=O)/C=C/c2cccc([N+](=O)[O-])c2)n(-c2ccccc2)n1. The van der Waals surface area contributed by atoms with Crippen LogP contribution in [0.1, 0.15) is 11.3 Å². The van der Waals surface area contributed by atoms with Crippen LogP contribution in [0.25, 0.3) is 11.8 Å². The van der Waals surface area contributed by atoms with E-state index in [1.807, 2.05) is 37.3 Å². The molecule has 0 aliphatic rings. The number of para-hydroxylation sites is 1. The van der Waals surface area contributed by atoms with Crippen LogP contribution in [0.15, 0.2) is 66.7 Å². The third-order valence-corrected chi connectivity index (χ3v) is 3.59. The van der Waals surface area contributed by atoms with Crippen LogP contribution in [-0.4, -0.2) is 20.6 Å². The van der Waals surface area contributed by atoms with Crippen molar-refractivity contribution in [1.29, 1.82) is 0 Å². The molecule has 0 saturated heterocycles. The highest BCUT2D eigenvalue weighted by Gasteiger charge is 2.09. The van der Waals surface area contributed by atoms with Crippen molar-refractivity contribution in [3.63, 3.8) is 0 Å². The van der Waals surface area contributed by atoms with E-state index in [-0.39, 0.29) is 11.6 Å². The van der Waals surface area contributed by atoms with E-state index < -0.39 is 4.92 Å². The van der Waals surface area contributed by atoms with Crippen LogP contribution in [0, 0.1) is 17.0 Å². The van der Waals surface area contributed by atoms with Gasteiger partial charge in [-0.2, -0.15) is 5.10 Å². The number of non-ortho nitro benzene ring substituents is 1. The average Bonchev–Trinajstić information content (AvgIpc) is 3.01. The Morgan fingerprint density at radius 2 is 1.92 bits per heavy atom. The molecule has 1 heterocycles. The van der Waals surface area contributed by atoms with Crippen LogP contribution in [0.3, 0.4) is 0 Å². The van der Waals surface area contributed by atoms with Gasteiger partial charge in [0.15, 0.2) is 0 Å². The first-order chi connectivity index (χ1) is 12.5. The summed E-state index contributed by atoms with van der Waals surface area (Å²) in [6.45, 7) is 1.84. The molecule has 0 atom stereocenters. The predicted molar refractivity (Wildman–Crippen MR) is 99.1 cm³/mol. The first kappa shape index (κ1) is 17.1. The number of amides is 1. The molecule has 130 valence electrons. The van der Waals surface area contributed by atoms with E-state index in [9.17, 15) is 14.9 Å². The summed E-state index contributed by atoms with van der Waals surface area (Å²) < 4.78 is 1.65. The van der Waals surface area contributed by atoms with E-state index in [0.29, 0.717) is 11.4 Å². The predicted octanol–water partition coefficient (Wildman–Crippen LogP) is 3.74.